The van der Waals surface area contributed by atoms with Gasteiger partial charge in [0, 0.05) is 37.7 Å². The van der Waals surface area contributed by atoms with Gasteiger partial charge in [-0.05, 0) is 32.4 Å². The Morgan fingerprint density at radius 1 is 1.37 bits per heavy atom. The van der Waals surface area contributed by atoms with Crippen LogP contribution in [-0.4, -0.2) is 62.3 Å². The van der Waals surface area contributed by atoms with Crippen LogP contribution in [0.1, 0.15) is 29.7 Å². The Morgan fingerprint density at radius 2 is 2.19 bits per heavy atom. The monoisotopic (exact) mass is 372 g/mol. The van der Waals surface area contributed by atoms with Gasteiger partial charge in [0.05, 0.1) is 0 Å². The molecule has 0 aliphatic carbocycles. The lowest BCUT2D eigenvalue weighted by Crippen LogP contribution is -2.47. The van der Waals surface area contributed by atoms with Crippen LogP contribution in [0, 0.1) is 6.92 Å². The number of carbonyl (C=O) groups is 3. The van der Waals surface area contributed by atoms with E-state index in [0.29, 0.717) is 25.2 Å². The highest BCUT2D eigenvalue weighted by Crippen LogP contribution is 2.20. The minimum atomic E-state index is -0.602. The van der Waals surface area contributed by atoms with Gasteiger partial charge in [-0.1, -0.05) is 0 Å². The molecule has 3 N–H and O–H groups in total. The Morgan fingerprint density at radius 3 is 2.81 bits per heavy atom. The molecule has 0 radical (unpaired) electrons. The van der Waals surface area contributed by atoms with E-state index in [-0.39, 0.29) is 30.3 Å². The summed E-state index contributed by atoms with van der Waals surface area (Å²) in [4.78, 5) is 46.1. The molecule has 9 heteroatoms. The second-order valence-electron chi connectivity index (χ2n) is 6.55. The van der Waals surface area contributed by atoms with Crippen molar-refractivity contribution in [2.45, 2.75) is 38.9 Å². The van der Waals surface area contributed by atoms with Crippen LogP contribution in [0.25, 0.3) is 0 Å². The van der Waals surface area contributed by atoms with Crippen LogP contribution in [0.4, 0.5) is 0 Å². The summed E-state index contributed by atoms with van der Waals surface area (Å²) in [5.74, 6) is 0.0990. The average molecular weight is 372 g/mol. The highest BCUT2D eigenvalue weighted by molar-refractivity contribution is 5.93. The zero-order valence-electron chi connectivity index (χ0n) is 15.4. The number of H-pyrrole nitrogens is 1. The molecule has 9 nitrogen and oxygen atoms in total. The normalized spacial score (nSPS) is 19.1. The molecule has 0 saturated carbocycles. The highest BCUT2D eigenvalue weighted by Gasteiger charge is 2.40. The van der Waals surface area contributed by atoms with E-state index in [1.807, 2.05) is 13.8 Å². The van der Waals surface area contributed by atoms with Crippen molar-refractivity contribution in [2.75, 3.05) is 13.1 Å². The fourth-order valence-electron chi connectivity index (χ4n) is 3.30. The van der Waals surface area contributed by atoms with Crippen LogP contribution in [0.3, 0.4) is 0 Å². The zero-order chi connectivity index (χ0) is 19.4. The average Bonchev–Trinajstić information content (AvgIpc) is 3.37. The summed E-state index contributed by atoms with van der Waals surface area (Å²) in [5.41, 5.74) is 0.448. The summed E-state index contributed by atoms with van der Waals surface area (Å²) < 4.78 is 1.74. The summed E-state index contributed by atoms with van der Waals surface area (Å²) in [6.45, 7) is 4.54. The lowest BCUT2D eigenvalue weighted by Gasteiger charge is -2.24. The third-order valence-electron chi connectivity index (χ3n) is 4.68. The van der Waals surface area contributed by atoms with Gasteiger partial charge in [0.25, 0.3) is 5.91 Å². The lowest BCUT2D eigenvalue weighted by atomic mass is 10.1. The molecule has 1 aliphatic heterocycles. The van der Waals surface area contributed by atoms with Crippen molar-refractivity contribution >= 4 is 17.7 Å². The molecule has 0 unspecified atom stereocenters. The van der Waals surface area contributed by atoms with E-state index in [9.17, 15) is 14.4 Å². The maximum absolute atomic E-state index is 12.8. The van der Waals surface area contributed by atoms with E-state index >= 15 is 0 Å². The number of likely N-dealkylation sites (tertiary alicyclic amines) is 1. The summed E-state index contributed by atoms with van der Waals surface area (Å²) in [6.07, 6.45) is 5.42. The van der Waals surface area contributed by atoms with Crippen molar-refractivity contribution < 1.29 is 14.4 Å². The molecule has 144 valence electrons. The maximum atomic E-state index is 12.8. The van der Waals surface area contributed by atoms with Gasteiger partial charge in [-0.15, -0.1) is 0 Å². The molecule has 2 atom stereocenters. The van der Waals surface area contributed by atoms with Crippen LogP contribution >= 0.6 is 0 Å². The van der Waals surface area contributed by atoms with Gasteiger partial charge in [-0.3, -0.25) is 14.4 Å². The van der Waals surface area contributed by atoms with E-state index in [2.05, 4.69) is 20.6 Å². The second kappa shape index (κ2) is 8.07. The maximum Gasteiger partial charge on any atom is 0.267 e. The van der Waals surface area contributed by atoms with Gasteiger partial charge in [-0.25, -0.2) is 4.98 Å². The first-order valence-corrected chi connectivity index (χ1v) is 8.98. The molecule has 1 aliphatic rings. The van der Waals surface area contributed by atoms with E-state index in [1.54, 1.807) is 40.2 Å². The topological polar surface area (TPSA) is 112 Å². The second-order valence-corrected chi connectivity index (χ2v) is 6.55. The van der Waals surface area contributed by atoms with Crippen molar-refractivity contribution in [3.05, 3.63) is 42.2 Å². The predicted molar refractivity (Wildman–Crippen MR) is 97.8 cm³/mol. The fourth-order valence-corrected chi connectivity index (χ4v) is 3.30. The molecule has 3 rings (SSSR count). The molecule has 3 amide bonds. The van der Waals surface area contributed by atoms with Crippen molar-refractivity contribution in [1.82, 2.24) is 30.1 Å². The van der Waals surface area contributed by atoms with Crippen molar-refractivity contribution in [3.8, 4) is 0 Å². The van der Waals surface area contributed by atoms with E-state index < -0.39 is 6.04 Å². The number of aromatic amines is 1. The summed E-state index contributed by atoms with van der Waals surface area (Å²) in [5, 5.41) is 5.67. The summed E-state index contributed by atoms with van der Waals surface area (Å²) >= 11 is 0. The van der Waals surface area contributed by atoms with Crippen molar-refractivity contribution in [1.29, 1.82) is 0 Å². The Labute approximate surface area is 157 Å². The minimum Gasteiger partial charge on any atom is -0.357 e. The molecular formula is C18H24N6O3. The van der Waals surface area contributed by atoms with Crippen LogP contribution in [0.15, 0.2) is 30.7 Å². The molecule has 2 aromatic heterocycles. The van der Waals surface area contributed by atoms with Crippen LogP contribution in [0.5, 0.6) is 0 Å². The first kappa shape index (κ1) is 18.7. The zero-order valence-corrected chi connectivity index (χ0v) is 15.4. The third-order valence-corrected chi connectivity index (χ3v) is 4.68. The van der Waals surface area contributed by atoms with Gasteiger partial charge in [0.1, 0.15) is 24.1 Å². The lowest BCUT2D eigenvalue weighted by molar-refractivity contribution is -0.138. The van der Waals surface area contributed by atoms with E-state index in [0.717, 1.165) is 5.82 Å². The number of aryl methyl sites for hydroxylation is 1. The predicted octanol–water partition coefficient (Wildman–Crippen LogP) is 0.0552. The number of nitrogens with zero attached hydrogens (tertiary/aromatic N) is 3. The number of aromatic nitrogens is 3. The summed E-state index contributed by atoms with van der Waals surface area (Å²) in [7, 11) is 0. The van der Waals surface area contributed by atoms with E-state index in [1.165, 1.54) is 0 Å². The number of imidazole rings is 1. The number of amides is 3. The van der Waals surface area contributed by atoms with Gasteiger partial charge in [0.15, 0.2) is 0 Å². The number of hydrogen-bond donors (Lipinski definition) is 3. The molecule has 0 bridgehead atoms. The van der Waals surface area contributed by atoms with Crippen LogP contribution in [0.2, 0.25) is 0 Å². The minimum absolute atomic E-state index is 0.110. The largest absolute Gasteiger partial charge is 0.357 e. The SMILES string of the molecule is CCNC(=O)[C@@H]1C[C@H](NC(=O)c2ccc[nH]2)CN1C(=O)Cn1ccnc1C. The number of carbonyl (C=O) groups excluding carboxylic acids is 3. The fraction of sp³-hybridized carbons (Fsp3) is 0.444. The first-order chi connectivity index (χ1) is 13.0. The number of likely N-dealkylation sites (N-methyl/N-ethyl adjacent to an activating group) is 1. The number of hydrogen-bond acceptors (Lipinski definition) is 4. The van der Waals surface area contributed by atoms with Gasteiger partial charge >= 0.3 is 0 Å². The van der Waals surface area contributed by atoms with Gasteiger partial charge in [0.2, 0.25) is 11.8 Å². The number of rotatable bonds is 6. The van der Waals surface area contributed by atoms with Gasteiger partial charge in [-0.2, -0.15) is 0 Å². The molecule has 1 fully saturated rings. The van der Waals surface area contributed by atoms with Crippen LogP contribution in [-0.2, 0) is 16.1 Å². The highest BCUT2D eigenvalue weighted by atomic mass is 16.2. The molecule has 1 saturated heterocycles. The molecular weight excluding hydrogens is 348 g/mol. The number of nitrogens with one attached hydrogen (secondary N) is 3. The molecule has 27 heavy (non-hydrogen) atoms. The smallest absolute Gasteiger partial charge is 0.267 e. The molecule has 0 spiro atoms. The standard InChI is InChI=1S/C18H24N6O3/c1-3-19-18(27)15-9-13(22-17(26)14-5-4-6-21-14)10-24(15)16(25)11-23-8-7-20-12(23)2/h4-8,13,15,21H,3,9-11H2,1-2H3,(H,19,27)(H,22,26)/t13-,15-/m0/s1. The van der Waals surface area contributed by atoms with Crippen LogP contribution < -0.4 is 10.6 Å². The Hall–Kier alpha value is -3.10. The first-order valence-electron chi connectivity index (χ1n) is 8.98. The third kappa shape index (κ3) is 4.18. The molecule has 0 aromatic carbocycles. The molecule has 2 aromatic rings. The Kier molecular flexibility index (Phi) is 5.58. The van der Waals surface area contributed by atoms with Crippen molar-refractivity contribution in [2.24, 2.45) is 0 Å². The summed E-state index contributed by atoms with van der Waals surface area (Å²) in [6, 6.07) is 2.53. The Balaban J connectivity index is 1.71. The quantitative estimate of drug-likeness (QED) is 0.665. The van der Waals surface area contributed by atoms with Crippen molar-refractivity contribution in [3.63, 3.8) is 0 Å². The Bertz CT molecular complexity index is 813. The van der Waals surface area contributed by atoms with Gasteiger partial charge < -0.3 is 25.1 Å². The van der Waals surface area contributed by atoms with E-state index in [4.69, 9.17) is 0 Å². The molecule has 3 heterocycles.